The van der Waals surface area contributed by atoms with Crippen LogP contribution in [0.3, 0.4) is 0 Å². The van der Waals surface area contributed by atoms with Gasteiger partial charge in [-0.05, 0) is 43.2 Å². The van der Waals surface area contributed by atoms with Crippen LogP contribution in [0.2, 0.25) is 10.0 Å². The van der Waals surface area contributed by atoms with Gasteiger partial charge in [0.1, 0.15) is 5.76 Å². The van der Waals surface area contributed by atoms with Crippen molar-refractivity contribution in [3.63, 3.8) is 0 Å². The van der Waals surface area contributed by atoms with E-state index in [-0.39, 0.29) is 11.9 Å². The first kappa shape index (κ1) is 16.1. The summed E-state index contributed by atoms with van der Waals surface area (Å²) >= 11 is 12.4. The molecule has 0 bridgehead atoms. The maximum atomic E-state index is 12.0. The summed E-state index contributed by atoms with van der Waals surface area (Å²) in [6.07, 6.45) is 2.27. The lowest BCUT2D eigenvalue weighted by Crippen LogP contribution is -2.24. The standard InChI is InChI=1S/C17H16Cl2N2O2/c1-9-8-23-10(2)17(9)15-7-16(21(20-15)11(3)22)13-6-12(18)4-5-14(13)19/h4-6,8,16H,7H2,1-3H3. The van der Waals surface area contributed by atoms with E-state index in [2.05, 4.69) is 5.10 Å². The second kappa shape index (κ2) is 6.02. The maximum absolute atomic E-state index is 12.0. The van der Waals surface area contributed by atoms with E-state index >= 15 is 0 Å². The summed E-state index contributed by atoms with van der Waals surface area (Å²) in [4.78, 5) is 12.0. The maximum Gasteiger partial charge on any atom is 0.240 e. The second-order valence-corrected chi connectivity index (χ2v) is 6.49. The monoisotopic (exact) mass is 350 g/mol. The molecule has 0 saturated carbocycles. The molecule has 0 aliphatic carbocycles. The quantitative estimate of drug-likeness (QED) is 0.772. The minimum absolute atomic E-state index is 0.139. The molecule has 1 aromatic carbocycles. The SMILES string of the molecule is CC(=O)N1N=C(c2c(C)coc2C)CC1c1cc(Cl)ccc1Cl. The van der Waals surface area contributed by atoms with Gasteiger partial charge in [0.25, 0.3) is 0 Å². The molecule has 6 heteroatoms. The normalized spacial score (nSPS) is 17.5. The molecule has 0 fully saturated rings. The van der Waals surface area contributed by atoms with E-state index in [4.69, 9.17) is 27.6 Å². The third-order valence-electron chi connectivity index (χ3n) is 4.00. The molecule has 1 aliphatic rings. The lowest BCUT2D eigenvalue weighted by molar-refractivity contribution is -0.130. The molecule has 3 rings (SSSR count). The average molecular weight is 351 g/mol. The number of halogens is 2. The highest BCUT2D eigenvalue weighted by atomic mass is 35.5. The lowest BCUT2D eigenvalue weighted by atomic mass is 9.97. The van der Waals surface area contributed by atoms with Crippen LogP contribution in [0.1, 0.15) is 41.8 Å². The molecule has 2 aromatic rings. The number of amides is 1. The van der Waals surface area contributed by atoms with Crippen LogP contribution in [-0.4, -0.2) is 16.6 Å². The Morgan fingerprint density at radius 3 is 2.70 bits per heavy atom. The van der Waals surface area contributed by atoms with Crippen LogP contribution in [0.25, 0.3) is 0 Å². The number of nitrogens with zero attached hydrogens (tertiary/aromatic N) is 2. The van der Waals surface area contributed by atoms with Gasteiger partial charge in [0.15, 0.2) is 0 Å². The molecule has 1 aliphatic heterocycles. The summed E-state index contributed by atoms with van der Waals surface area (Å²) in [6, 6.07) is 5.00. The fourth-order valence-electron chi connectivity index (χ4n) is 2.97. The fraction of sp³-hybridized carbons (Fsp3) is 0.294. The molecule has 2 heterocycles. The van der Waals surface area contributed by atoms with Crippen LogP contribution in [0.5, 0.6) is 0 Å². The predicted molar refractivity (Wildman–Crippen MR) is 91.1 cm³/mol. The molecule has 0 saturated heterocycles. The van der Waals surface area contributed by atoms with E-state index in [0.29, 0.717) is 16.5 Å². The minimum atomic E-state index is -0.262. The van der Waals surface area contributed by atoms with E-state index in [1.165, 1.54) is 11.9 Å². The second-order valence-electron chi connectivity index (χ2n) is 5.65. The van der Waals surface area contributed by atoms with Crippen molar-refractivity contribution in [2.45, 2.75) is 33.2 Å². The molecule has 1 aromatic heterocycles. The van der Waals surface area contributed by atoms with Crippen molar-refractivity contribution in [1.29, 1.82) is 0 Å². The van der Waals surface area contributed by atoms with Crippen molar-refractivity contribution >= 4 is 34.8 Å². The topological polar surface area (TPSA) is 45.8 Å². The van der Waals surface area contributed by atoms with Crippen molar-refractivity contribution < 1.29 is 9.21 Å². The van der Waals surface area contributed by atoms with E-state index in [0.717, 1.165) is 28.2 Å². The Morgan fingerprint density at radius 1 is 1.35 bits per heavy atom. The van der Waals surface area contributed by atoms with E-state index in [9.17, 15) is 4.79 Å². The van der Waals surface area contributed by atoms with Gasteiger partial charge in [-0.15, -0.1) is 0 Å². The Balaban J connectivity index is 2.04. The summed E-state index contributed by atoms with van der Waals surface area (Å²) < 4.78 is 5.46. The molecule has 1 atom stereocenters. The summed E-state index contributed by atoms with van der Waals surface area (Å²) in [5, 5.41) is 7.14. The van der Waals surface area contributed by atoms with Gasteiger partial charge in [0, 0.05) is 29.0 Å². The number of hydrogen-bond donors (Lipinski definition) is 0. The van der Waals surface area contributed by atoms with Crippen molar-refractivity contribution in [2.24, 2.45) is 5.10 Å². The molecule has 120 valence electrons. The number of rotatable bonds is 2. The molecule has 1 unspecified atom stereocenters. The van der Waals surface area contributed by atoms with Gasteiger partial charge in [0.05, 0.1) is 18.0 Å². The predicted octanol–water partition coefficient (Wildman–Crippen LogP) is 4.90. The highest BCUT2D eigenvalue weighted by molar-refractivity contribution is 6.33. The largest absolute Gasteiger partial charge is 0.469 e. The molecule has 0 radical (unpaired) electrons. The number of hydrogen-bond acceptors (Lipinski definition) is 3. The Morgan fingerprint density at radius 2 is 2.09 bits per heavy atom. The minimum Gasteiger partial charge on any atom is -0.469 e. The van der Waals surface area contributed by atoms with Gasteiger partial charge >= 0.3 is 0 Å². The zero-order chi connectivity index (χ0) is 16.7. The van der Waals surface area contributed by atoms with Gasteiger partial charge < -0.3 is 4.42 Å². The van der Waals surface area contributed by atoms with E-state index < -0.39 is 0 Å². The molecule has 0 spiro atoms. The first-order chi connectivity index (χ1) is 10.9. The van der Waals surface area contributed by atoms with Crippen LogP contribution in [0, 0.1) is 13.8 Å². The number of carbonyl (C=O) groups excluding carboxylic acids is 1. The number of hydrazone groups is 1. The van der Waals surface area contributed by atoms with Gasteiger partial charge in [-0.2, -0.15) is 5.10 Å². The Kier molecular flexibility index (Phi) is 4.21. The van der Waals surface area contributed by atoms with Gasteiger partial charge in [-0.25, -0.2) is 5.01 Å². The van der Waals surface area contributed by atoms with E-state index in [1.54, 1.807) is 24.5 Å². The molecular weight excluding hydrogens is 335 g/mol. The summed E-state index contributed by atoms with van der Waals surface area (Å²) in [5.74, 6) is 0.655. The van der Waals surface area contributed by atoms with Gasteiger partial charge in [0.2, 0.25) is 5.91 Å². The van der Waals surface area contributed by atoms with Crippen LogP contribution < -0.4 is 0 Å². The van der Waals surface area contributed by atoms with Gasteiger partial charge in [-0.1, -0.05) is 23.2 Å². The Labute approximate surface area is 144 Å². The molecule has 4 nitrogen and oxygen atoms in total. The van der Waals surface area contributed by atoms with Crippen molar-refractivity contribution in [3.8, 4) is 0 Å². The summed E-state index contributed by atoms with van der Waals surface area (Å²) in [6.45, 7) is 5.35. The first-order valence-electron chi connectivity index (χ1n) is 7.25. The fourth-order valence-corrected chi connectivity index (χ4v) is 3.39. The summed E-state index contributed by atoms with van der Waals surface area (Å²) in [5.41, 5.74) is 3.58. The smallest absolute Gasteiger partial charge is 0.240 e. The Bertz CT molecular complexity index is 791. The number of furan rings is 1. The third kappa shape index (κ3) is 2.89. The molecule has 0 N–H and O–H groups in total. The third-order valence-corrected chi connectivity index (χ3v) is 4.58. The highest BCUT2D eigenvalue weighted by Gasteiger charge is 2.34. The van der Waals surface area contributed by atoms with Crippen LogP contribution in [0.15, 0.2) is 34.0 Å². The van der Waals surface area contributed by atoms with Crippen LogP contribution in [-0.2, 0) is 4.79 Å². The number of aryl methyl sites for hydroxylation is 2. The molecule has 1 amide bonds. The Hall–Kier alpha value is -1.78. The van der Waals surface area contributed by atoms with E-state index in [1.807, 2.05) is 13.8 Å². The van der Waals surface area contributed by atoms with Crippen LogP contribution >= 0.6 is 23.2 Å². The lowest BCUT2D eigenvalue weighted by Gasteiger charge is -2.21. The molecular formula is C17H16Cl2N2O2. The molecule has 23 heavy (non-hydrogen) atoms. The van der Waals surface area contributed by atoms with Crippen LogP contribution in [0.4, 0.5) is 0 Å². The zero-order valence-electron chi connectivity index (χ0n) is 13.1. The first-order valence-corrected chi connectivity index (χ1v) is 8.01. The van der Waals surface area contributed by atoms with Gasteiger partial charge in [-0.3, -0.25) is 4.79 Å². The summed E-state index contributed by atoms with van der Waals surface area (Å²) in [7, 11) is 0. The highest BCUT2D eigenvalue weighted by Crippen LogP contribution is 2.38. The number of benzene rings is 1. The average Bonchev–Trinajstić information content (AvgIpc) is 3.05. The van der Waals surface area contributed by atoms with Crippen molar-refractivity contribution in [2.75, 3.05) is 0 Å². The number of carbonyl (C=O) groups is 1. The zero-order valence-corrected chi connectivity index (χ0v) is 14.6. The van der Waals surface area contributed by atoms with Crippen molar-refractivity contribution in [1.82, 2.24) is 5.01 Å². The van der Waals surface area contributed by atoms with Crippen molar-refractivity contribution in [3.05, 3.63) is 57.0 Å².